The highest BCUT2D eigenvalue weighted by Crippen LogP contribution is 2.22. The summed E-state index contributed by atoms with van der Waals surface area (Å²) in [6, 6.07) is 10.4. The third-order valence-corrected chi connectivity index (χ3v) is 9.74. The first-order valence-electron chi connectivity index (χ1n) is 19.7. The average Bonchev–Trinajstić information content (AvgIpc) is 3.70. The van der Waals surface area contributed by atoms with Crippen molar-refractivity contribution in [1.29, 1.82) is 0 Å². The van der Waals surface area contributed by atoms with Crippen LogP contribution in [0.5, 0.6) is 0 Å². The van der Waals surface area contributed by atoms with Crippen molar-refractivity contribution in [3.05, 3.63) is 107 Å². The first-order chi connectivity index (χ1) is 26.0. The summed E-state index contributed by atoms with van der Waals surface area (Å²) < 4.78 is 0. The number of aryl methyl sites for hydroxylation is 2. The Hall–Kier alpha value is -4.86. The van der Waals surface area contributed by atoms with Gasteiger partial charge >= 0.3 is 11.9 Å². The van der Waals surface area contributed by atoms with E-state index in [-0.39, 0.29) is 35.3 Å². The van der Waals surface area contributed by atoms with E-state index in [2.05, 4.69) is 74.1 Å². The van der Waals surface area contributed by atoms with E-state index in [0.717, 1.165) is 49.9 Å². The second-order valence-electron chi connectivity index (χ2n) is 14.2. The summed E-state index contributed by atoms with van der Waals surface area (Å²) in [6.07, 6.45) is 25.6. The van der Waals surface area contributed by atoms with E-state index < -0.39 is 11.9 Å². The third kappa shape index (κ3) is 15.2. The van der Waals surface area contributed by atoms with E-state index in [1.54, 1.807) is 12.1 Å². The summed E-state index contributed by atoms with van der Waals surface area (Å²) in [6.45, 7) is 10.0. The van der Waals surface area contributed by atoms with E-state index in [4.69, 9.17) is 10.2 Å². The van der Waals surface area contributed by atoms with Crippen molar-refractivity contribution in [3.8, 4) is 0 Å². The van der Waals surface area contributed by atoms with Gasteiger partial charge in [-0.2, -0.15) is 0 Å². The number of hydrogen-bond donors (Lipinski definition) is 2. The molecule has 0 radical (unpaired) electrons. The van der Waals surface area contributed by atoms with Gasteiger partial charge in [0, 0.05) is 37.3 Å². The standard InChI is InChI=1S/2C22H30N2O3/c2*1-3-4-8-17(2)9-5-12-19-14-15-21(25)24(19)16-7-11-18-10-6-13-20(23-18)22(26)27/h2*5-6,9-10,12-13,19H,3-4,7-8,11,14-16H2,1-2H3,(H,26,27)/b12-5+,17-9+;12-5-,17-9+/t2*19-/m00/s1. The van der Waals surface area contributed by atoms with Gasteiger partial charge in [0.05, 0.1) is 12.1 Å². The summed E-state index contributed by atoms with van der Waals surface area (Å²) in [7, 11) is 0. The SMILES string of the molecule is CCCC/C(C)=C/C=C/[C@H]1CCC(=O)N1CCCc1cccc(C(=O)O)n1.CCCC/C(C)=C/C=C\[C@H]1CCC(=O)N1CCCc1cccc(C(=O)O)n1. The van der Waals surface area contributed by atoms with Gasteiger partial charge in [-0.3, -0.25) is 9.59 Å². The minimum atomic E-state index is -1.01. The lowest BCUT2D eigenvalue weighted by Gasteiger charge is -2.22. The van der Waals surface area contributed by atoms with Crippen LogP contribution in [0.25, 0.3) is 0 Å². The molecule has 54 heavy (non-hydrogen) atoms. The number of carboxylic acid groups (broad SMARTS) is 2. The Bertz CT molecular complexity index is 1540. The predicted octanol–water partition coefficient (Wildman–Crippen LogP) is 8.79. The summed E-state index contributed by atoms with van der Waals surface area (Å²) >= 11 is 0. The molecule has 0 aromatic carbocycles. The average molecular weight is 741 g/mol. The van der Waals surface area contributed by atoms with Crippen LogP contribution < -0.4 is 0 Å². The molecule has 10 nitrogen and oxygen atoms in total. The van der Waals surface area contributed by atoms with E-state index in [0.29, 0.717) is 38.8 Å². The van der Waals surface area contributed by atoms with Crippen LogP contribution in [0.1, 0.15) is 137 Å². The number of amides is 2. The Labute approximate surface area is 321 Å². The van der Waals surface area contributed by atoms with Gasteiger partial charge in [0.2, 0.25) is 11.8 Å². The second kappa shape index (κ2) is 23.7. The van der Waals surface area contributed by atoms with Gasteiger partial charge < -0.3 is 20.0 Å². The fraction of sp³-hybridized carbons (Fsp3) is 0.500. The molecule has 292 valence electrons. The van der Waals surface area contributed by atoms with E-state index in [9.17, 15) is 19.2 Å². The van der Waals surface area contributed by atoms with Gasteiger partial charge in [0.15, 0.2) is 0 Å². The predicted molar refractivity (Wildman–Crippen MR) is 213 cm³/mol. The molecule has 10 heteroatoms. The summed E-state index contributed by atoms with van der Waals surface area (Å²) in [5.41, 5.74) is 4.37. The molecule has 0 bridgehead atoms. The van der Waals surface area contributed by atoms with Gasteiger partial charge in [0.25, 0.3) is 0 Å². The molecule has 2 atom stereocenters. The number of carbonyl (C=O) groups excluding carboxylic acids is 2. The number of carboxylic acids is 2. The van der Waals surface area contributed by atoms with Crippen LogP contribution in [0, 0.1) is 0 Å². The van der Waals surface area contributed by atoms with Gasteiger partial charge in [0.1, 0.15) is 11.4 Å². The van der Waals surface area contributed by atoms with Crippen LogP contribution in [0.4, 0.5) is 0 Å². The lowest BCUT2D eigenvalue weighted by Crippen LogP contribution is -2.32. The molecule has 4 rings (SSSR count). The smallest absolute Gasteiger partial charge is 0.354 e. The van der Waals surface area contributed by atoms with Crippen molar-refractivity contribution >= 4 is 23.8 Å². The van der Waals surface area contributed by atoms with E-state index >= 15 is 0 Å². The van der Waals surface area contributed by atoms with Crippen LogP contribution in [-0.2, 0) is 22.4 Å². The van der Waals surface area contributed by atoms with Crippen LogP contribution in [0.15, 0.2) is 84.0 Å². The van der Waals surface area contributed by atoms with E-state index in [1.807, 2.05) is 21.9 Å². The summed E-state index contributed by atoms with van der Waals surface area (Å²) in [5.74, 6) is -1.63. The molecule has 2 aliphatic rings. The zero-order valence-corrected chi connectivity index (χ0v) is 32.7. The Morgan fingerprint density at radius 3 is 1.46 bits per heavy atom. The summed E-state index contributed by atoms with van der Waals surface area (Å²) in [4.78, 5) is 58.5. The molecular formula is C44H60N4O6. The monoisotopic (exact) mass is 740 g/mol. The molecule has 4 heterocycles. The Balaban J connectivity index is 0.000000290. The lowest BCUT2D eigenvalue weighted by atomic mass is 10.1. The zero-order valence-electron chi connectivity index (χ0n) is 32.7. The molecule has 0 saturated carbocycles. The van der Waals surface area contributed by atoms with Crippen LogP contribution in [-0.4, -0.2) is 78.9 Å². The maximum absolute atomic E-state index is 12.2. The van der Waals surface area contributed by atoms with Crippen LogP contribution >= 0.6 is 0 Å². The number of unbranched alkanes of at least 4 members (excludes halogenated alkanes) is 2. The highest BCUT2D eigenvalue weighted by molar-refractivity contribution is 5.85. The van der Waals surface area contributed by atoms with Gasteiger partial charge in [-0.05, 0) is 102 Å². The molecule has 0 aliphatic carbocycles. The first kappa shape index (κ1) is 43.5. The number of hydrogen-bond acceptors (Lipinski definition) is 6. The number of aromatic nitrogens is 2. The molecule has 2 aromatic rings. The van der Waals surface area contributed by atoms with Crippen molar-refractivity contribution < 1.29 is 29.4 Å². The minimum Gasteiger partial charge on any atom is -0.477 e. The quantitative estimate of drug-likeness (QED) is 0.128. The zero-order chi connectivity index (χ0) is 39.3. The number of likely N-dealkylation sites (tertiary alicyclic amines) is 2. The highest BCUT2D eigenvalue weighted by atomic mass is 16.4. The normalized spacial score (nSPS) is 17.9. The lowest BCUT2D eigenvalue weighted by molar-refractivity contribution is -0.129. The number of pyridine rings is 2. The molecule has 0 spiro atoms. The topological polar surface area (TPSA) is 141 Å². The first-order valence-corrected chi connectivity index (χ1v) is 19.7. The number of allylic oxidation sites excluding steroid dienone is 6. The second-order valence-corrected chi connectivity index (χ2v) is 14.2. The molecule has 2 saturated heterocycles. The van der Waals surface area contributed by atoms with Crippen molar-refractivity contribution in [3.63, 3.8) is 0 Å². The number of aromatic carboxylic acids is 2. The van der Waals surface area contributed by atoms with Crippen LogP contribution in [0.2, 0.25) is 0 Å². The highest BCUT2D eigenvalue weighted by Gasteiger charge is 2.29. The number of nitrogens with zero attached hydrogens (tertiary/aromatic N) is 4. The summed E-state index contributed by atoms with van der Waals surface area (Å²) in [5, 5.41) is 18.0. The van der Waals surface area contributed by atoms with Crippen molar-refractivity contribution in [1.82, 2.24) is 19.8 Å². The largest absolute Gasteiger partial charge is 0.477 e. The fourth-order valence-electron chi connectivity index (χ4n) is 6.60. The molecular weight excluding hydrogens is 681 g/mol. The molecule has 2 N–H and O–H groups in total. The molecule has 2 amide bonds. The molecule has 2 aromatic heterocycles. The minimum absolute atomic E-state index is 0.0655. The maximum Gasteiger partial charge on any atom is 0.354 e. The van der Waals surface area contributed by atoms with Gasteiger partial charge in [-0.25, -0.2) is 19.6 Å². The molecule has 2 fully saturated rings. The van der Waals surface area contributed by atoms with Crippen molar-refractivity contribution in [2.75, 3.05) is 13.1 Å². The number of rotatable bonds is 20. The third-order valence-electron chi connectivity index (χ3n) is 9.74. The van der Waals surface area contributed by atoms with Crippen molar-refractivity contribution in [2.45, 2.75) is 130 Å². The fourth-order valence-corrected chi connectivity index (χ4v) is 6.60. The maximum atomic E-state index is 12.2. The number of carbonyl (C=O) groups is 4. The van der Waals surface area contributed by atoms with Crippen molar-refractivity contribution in [2.24, 2.45) is 0 Å². The van der Waals surface area contributed by atoms with Gasteiger partial charge in [-0.1, -0.05) is 86.4 Å². The molecule has 2 aliphatic heterocycles. The Morgan fingerprint density at radius 1 is 0.685 bits per heavy atom. The van der Waals surface area contributed by atoms with Crippen LogP contribution in [0.3, 0.4) is 0 Å². The Kier molecular flexibility index (Phi) is 19.1. The Morgan fingerprint density at radius 2 is 1.09 bits per heavy atom. The van der Waals surface area contributed by atoms with Gasteiger partial charge in [-0.15, -0.1) is 0 Å². The molecule has 0 unspecified atom stereocenters. The van der Waals surface area contributed by atoms with E-state index in [1.165, 1.54) is 49.0 Å².